The molecule has 1 heterocycles. The fourth-order valence-electron chi connectivity index (χ4n) is 2.52. The summed E-state index contributed by atoms with van der Waals surface area (Å²) in [6.45, 7) is 1.65. The zero-order valence-electron chi connectivity index (χ0n) is 11.3. The Morgan fingerprint density at radius 3 is 2.60 bits per heavy atom. The lowest BCUT2D eigenvalue weighted by Gasteiger charge is -2.33. The minimum atomic E-state index is -0.309. The van der Waals surface area contributed by atoms with Crippen molar-refractivity contribution in [2.24, 2.45) is 0 Å². The van der Waals surface area contributed by atoms with Gasteiger partial charge in [0.2, 0.25) is 0 Å². The van der Waals surface area contributed by atoms with Crippen LogP contribution in [-0.2, 0) is 4.74 Å². The zero-order chi connectivity index (χ0) is 13.9. The molecule has 0 aliphatic carbocycles. The molecule has 2 aromatic carbocycles. The second-order valence-electron chi connectivity index (χ2n) is 4.60. The van der Waals surface area contributed by atoms with Crippen molar-refractivity contribution in [3.8, 4) is 0 Å². The van der Waals surface area contributed by atoms with Crippen LogP contribution in [0, 0.1) is 0 Å². The van der Waals surface area contributed by atoms with Crippen LogP contribution in [0.1, 0.15) is 10.4 Å². The summed E-state index contributed by atoms with van der Waals surface area (Å²) >= 11 is 0. The molecule has 0 unspecified atom stereocenters. The lowest BCUT2D eigenvalue weighted by Crippen LogP contribution is -2.31. The number of methoxy groups -OCH3 is 1. The smallest absolute Gasteiger partial charge is 0.339 e. The Kier molecular flexibility index (Phi) is 3.29. The number of nitrogens with one attached hydrogen (secondary N) is 1. The fraction of sp³-hybridized carbons (Fsp3) is 0.188. The summed E-state index contributed by atoms with van der Waals surface area (Å²) in [7, 11) is 1.41. The van der Waals surface area contributed by atoms with Crippen LogP contribution in [0.2, 0.25) is 0 Å². The van der Waals surface area contributed by atoms with E-state index in [1.807, 2.05) is 36.4 Å². The van der Waals surface area contributed by atoms with Crippen LogP contribution in [0.3, 0.4) is 0 Å². The largest absolute Gasteiger partial charge is 0.465 e. The molecule has 3 rings (SSSR count). The van der Waals surface area contributed by atoms with Crippen molar-refractivity contribution < 1.29 is 9.53 Å². The van der Waals surface area contributed by atoms with E-state index in [2.05, 4.69) is 16.3 Å². The minimum absolute atomic E-state index is 0.309. The van der Waals surface area contributed by atoms with Crippen molar-refractivity contribution >= 4 is 23.0 Å². The maximum atomic E-state index is 11.9. The predicted octanol–water partition coefficient (Wildman–Crippen LogP) is 3.04. The summed E-state index contributed by atoms with van der Waals surface area (Å²) in [6.07, 6.45) is 0. The Balaban J connectivity index is 2.09. The standard InChI is InChI=1S/C16H16N2O2/c1-20-16(19)12-6-2-4-8-14(12)18-11-10-17-13-7-3-5-9-15(13)18/h2-9,17H,10-11H2,1H3. The van der Waals surface area contributed by atoms with Crippen molar-refractivity contribution in [2.45, 2.75) is 0 Å². The van der Waals surface area contributed by atoms with Crippen molar-refractivity contribution in [1.82, 2.24) is 0 Å². The van der Waals surface area contributed by atoms with Gasteiger partial charge in [-0.25, -0.2) is 4.79 Å². The first-order valence-electron chi connectivity index (χ1n) is 6.59. The number of fused-ring (bicyclic) bond motifs is 1. The van der Waals surface area contributed by atoms with E-state index in [4.69, 9.17) is 4.74 Å². The van der Waals surface area contributed by atoms with E-state index in [1.54, 1.807) is 6.07 Å². The molecule has 1 N–H and O–H groups in total. The quantitative estimate of drug-likeness (QED) is 0.850. The van der Waals surface area contributed by atoms with E-state index in [1.165, 1.54) is 7.11 Å². The van der Waals surface area contributed by atoms with Gasteiger partial charge in [0.05, 0.1) is 29.7 Å². The minimum Gasteiger partial charge on any atom is -0.465 e. The topological polar surface area (TPSA) is 41.6 Å². The Morgan fingerprint density at radius 1 is 1.10 bits per heavy atom. The Morgan fingerprint density at radius 2 is 1.80 bits per heavy atom. The number of ether oxygens (including phenoxy) is 1. The average Bonchev–Trinajstić information content (AvgIpc) is 2.53. The third kappa shape index (κ3) is 2.09. The lowest BCUT2D eigenvalue weighted by molar-refractivity contribution is 0.0601. The van der Waals surface area contributed by atoms with Crippen LogP contribution >= 0.6 is 0 Å². The van der Waals surface area contributed by atoms with Crippen LogP contribution in [0.5, 0.6) is 0 Å². The molecular weight excluding hydrogens is 252 g/mol. The first kappa shape index (κ1) is 12.5. The average molecular weight is 268 g/mol. The molecule has 102 valence electrons. The highest BCUT2D eigenvalue weighted by molar-refractivity contribution is 5.97. The molecular formula is C16H16N2O2. The number of hydrogen-bond donors (Lipinski definition) is 1. The third-order valence-corrected chi connectivity index (χ3v) is 3.45. The fourth-order valence-corrected chi connectivity index (χ4v) is 2.52. The van der Waals surface area contributed by atoms with Gasteiger partial charge in [-0.1, -0.05) is 24.3 Å². The molecule has 2 aromatic rings. The van der Waals surface area contributed by atoms with E-state index in [9.17, 15) is 4.79 Å². The molecule has 0 saturated carbocycles. The molecule has 0 atom stereocenters. The zero-order valence-corrected chi connectivity index (χ0v) is 11.3. The summed E-state index contributed by atoms with van der Waals surface area (Å²) in [5, 5.41) is 3.37. The number of esters is 1. The maximum Gasteiger partial charge on any atom is 0.339 e. The van der Waals surface area contributed by atoms with Crippen molar-refractivity contribution in [3.63, 3.8) is 0 Å². The van der Waals surface area contributed by atoms with Gasteiger partial charge < -0.3 is 15.0 Å². The van der Waals surface area contributed by atoms with Crippen LogP contribution in [-0.4, -0.2) is 26.2 Å². The normalized spacial score (nSPS) is 13.3. The highest BCUT2D eigenvalue weighted by atomic mass is 16.5. The molecule has 0 aromatic heterocycles. The van der Waals surface area contributed by atoms with Crippen LogP contribution in [0.4, 0.5) is 17.1 Å². The number of carbonyl (C=O) groups excluding carboxylic acids is 1. The Hall–Kier alpha value is -2.49. The van der Waals surface area contributed by atoms with Gasteiger partial charge in [0, 0.05) is 13.1 Å². The number of anilines is 3. The molecule has 1 aliphatic rings. The highest BCUT2D eigenvalue weighted by Gasteiger charge is 2.22. The molecule has 20 heavy (non-hydrogen) atoms. The summed E-state index contributed by atoms with van der Waals surface area (Å²) < 4.78 is 4.87. The molecule has 0 bridgehead atoms. The van der Waals surface area contributed by atoms with Crippen LogP contribution < -0.4 is 10.2 Å². The summed E-state index contributed by atoms with van der Waals surface area (Å²) in [5.74, 6) is -0.309. The van der Waals surface area contributed by atoms with Crippen molar-refractivity contribution in [3.05, 3.63) is 54.1 Å². The van der Waals surface area contributed by atoms with Gasteiger partial charge in [0.25, 0.3) is 0 Å². The van der Waals surface area contributed by atoms with Crippen molar-refractivity contribution in [2.75, 3.05) is 30.4 Å². The maximum absolute atomic E-state index is 11.9. The number of para-hydroxylation sites is 3. The number of rotatable bonds is 2. The van der Waals surface area contributed by atoms with Crippen molar-refractivity contribution in [1.29, 1.82) is 0 Å². The number of hydrogen-bond acceptors (Lipinski definition) is 4. The first-order valence-corrected chi connectivity index (χ1v) is 6.59. The number of nitrogens with zero attached hydrogens (tertiary/aromatic N) is 1. The first-order chi connectivity index (χ1) is 9.81. The van der Waals surface area contributed by atoms with Gasteiger partial charge in [0.15, 0.2) is 0 Å². The van der Waals surface area contributed by atoms with E-state index in [0.29, 0.717) is 5.56 Å². The van der Waals surface area contributed by atoms with E-state index >= 15 is 0 Å². The molecule has 0 radical (unpaired) electrons. The van der Waals surface area contributed by atoms with Crippen LogP contribution in [0.25, 0.3) is 0 Å². The van der Waals surface area contributed by atoms with Gasteiger partial charge in [-0.3, -0.25) is 0 Å². The van der Waals surface area contributed by atoms with E-state index < -0.39 is 0 Å². The van der Waals surface area contributed by atoms with Gasteiger partial charge in [-0.15, -0.1) is 0 Å². The lowest BCUT2D eigenvalue weighted by atomic mass is 10.1. The molecule has 1 aliphatic heterocycles. The molecule has 0 fully saturated rings. The molecule has 4 heteroatoms. The summed E-state index contributed by atoms with van der Waals surface area (Å²) in [6, 6.07) is 15.6. The molecule has 0 saturated heterocycles. The van der Waals surface area contributed by atoms with Gasteiger partial charge in [-0.2, -0.15) is 0 Å². The molecule has 0 amide bonds. The SMILES string of the molecule is COC(=O)c1ccccc1N1CCNc2ccccc21. The molecule has 0 spiro atoms. The Bertz CT molecular complexity index is 640. The predicted molar refractivity (Wildman–Crippen MR) is 79.7 cm³/mol. The van der Waals surface area contributed by atoms with E-state index in [-0.39, 0.29) is 5.97 Å². The van der Waals surface area contributed by atoms with E-state index in [0.717, 1.165) is 30.2 Å². The monoisotopic (exact) mass is 268 g/mol. The number of carbonyl (C=O) groups is 1. The second kappa shape index (κ2) is 5.25. The van der Waals surface area contributed by atoms with Crippen LogP contribution in [0.15, 0.2) is 48.5 Å². The highest BCUT2D eigenvalue weighted by Crippen LogP contribution is 2.36. The third-order valence-electron chi connectivity index (χ3n) is 3.45. The van der Waals surface area contributed by atoms with Gasteiger partial charge in [-0.05, 0) is 24.3 Å². The van der Waals surface area contributed by atoms with Gasteiger partial charge in [0.1, 0.15) is 0 Å². The summed E-state index contributed by atoms with van der Waals surface area (Å²) in [4.78, 5) is 14.1. The Labute approximate surface area is 118 Å². The van der Waals surface area contributed by atoms with Gasteiger partial charge >= 0.3 is 5.97 Å². The molecule has 4 nitrogen and oxygen atoms in total. The summed E-state index contributed by atoms with van der Waals surface area (Å²) in [5.41, 5.74) is 3.63. The number of benzene rings is 2. The second-order valence-corrected chi connectivity index (χ2v) is 4.60.